The Kier molecular flexibility index (Phi) is 5.51. The molecule has 1 saturated heterocycles. The van der Waals surface area contributed by atoms with E-state index in [-0.39, 0.29) is 4.90 Å². The molecule has 0 bridgehead atoms. The summed E-state index contributed by atoms with van der Waals surface area (Å²) in [5.74, 6) is 0.315. The van der Waals surface area contributed by atoms with Gasteiger partial charge in [-0.2, -0.15) is 4.31 Å². The quantitative estimate of drug-likeness (QED) is 0.823. The van der Waals surface area contributed by atoms with Crippen molar-refractivity contribution >= 4 is 15.8 Å². The zero-order chi connectivity index (χ0) is 15.3. The van der Waals surface area contributed by atoms with E-state index in [4.69, 9.17) is 10.5 Å². The van der Waals surface area contributed by atoms with Gasteiger partial charge in [0.25, 0.3) is 0 Å². The van der Waals surface area contributed by atoms with Crippen LogP contribution >= 0.6 is 0 Å². The van der Waals surface area contributed by atoms with Crippen LogP contribution in [0.25, 0.3) is 0 Å². The zero-order valence-electron chi connectivity index (χ0n) is 12.2. The van der Waals surface area contributed by atoms with Gasteiger partial charge in [0, 0.05) is 39.5 Å². The highest BCUT2D eigenvalue weighted by molar-refractivity contribution is 7.89. The smallest absolute Gasteiger partial charge is 0.244 e. The topological polar surface area (TPSA) is 88.8 Å². The number of sulfonamides is 1. The van der Waals surface area contributed by atoms with Gasteiger partial charge in [0.2, 0.25) is 10.0 Å². The van der Waals surface area contributed by atoms with Crippen LogP contribution in [-0.4, -0.2) is 69.0 Å². The molecule has 0 radical (unpaired) electrons. The van der Waals surface area contributed by atoms with Crippen molar-refractivity contribution in [2.75, 3.05) is 52.2 Å². The molecule has 1 aromatic rings. The third-order valence-electron chi connectivity index (χ3n) is 3.56. The van der Waals surface area contributed by atoms with Crippen LogP contribution in [0, 0.1) is 0 Å². The summed E-state index contributed by atoms with van der Waals surface area (Å²) in [6.45, 7) is 4.09. The summed E-state index contributed by atoms with van der Waals surface area (Å²) >= 11 is 0. The highest BCUT2D eigenvalue weighted by atomic mass is 32.2. The molecule has 0 aliphatic carbocycles. The second-order valence-corrected chi connectivity index (χ2v) is 6.95. The van der Waals surface area contributed by atoms with Crippen molar-refractivity contribution in [3.63, 3.8) is 0 Å². The second kappa shape index (κ2) is 7.17. The van der Waals surface area contributed by atoms with Crippen molar-refractivity contribution in [3.8, 4) is 0 Å². The highest BCUT2D eigenvalue weighted by Gasteiger charge is 2.26. The minimum Gasteiger partial charge on any atom is -0.384 e. The Morgan fingerprint density at radius 2 is 2.10 bits per heavy atom. The Bertz CT molecular complexity index is 547. The summed E-state index contributed by atoms with van der Waals surface area (Å²) in [5.41, 5.74) is 5.50. The summed E-state index contributed by atoms with van der Waals surface area (Å²) < 4.78 is 31.7. The third kappa shape index (κ3) is 4.13. The summed E-state index contributed by atoms with van der Waals surface area (Å²) in [6.07, 6.45) is 2.13. The van der Waals surface area contributed by atoms with Crippen LogP contribution in [0.4, 0.5) is 5.82 Å². The van der Waals surface area contributed by atoms with Gasteiger partial charge in [-0.3, -0.25) is 4.90 Å². The lowest BCUT2D eigenvalue weighted by Gasteiger charge is -2.21. The summed E-state index contributed by atoms with van der Waals surface area (Å²) in [6, 6.07) is 3.01. The van der Waals surface area contributed by atoms with E-state index in [1.165, 1.54) is 22.6 Å². The number of anilines is 1. The molecule has 2 N–H and O–H groups in total. The minimum atomic E-state index is -3.49. The molecule has 0 saturated carbocycles. The fourth-order valence-electron chi connectivity index (χ4n) is 2.32. The largest absolute Gasteiger partial charge is 0.384 e. The molecule has 0 unspecified atom stereocenters. The van der Waals surface area contributed by atoms with Crippen LogP contribution in [0.1, 0.15) is 6.42 Å². The first-order valence-electron chi connectivity index (χ1n) is 6.97. The van der Waals surface area contributed by atoms with E-state index >= 15 is 0 Å². The molecular weight excluding hydrogens is 292 g/mol. The number of hydrogen-bond acceptors (Lipinski definition) is 6. The lowest BCUT2D eigenvalue weighted by atomic mass is 10.4. The monoisotopic (exact) mass is 314 g/mol. The molecule has 8 heteroatoms. The average molecular weight is 314 g/mol. The molecule has 1 aromatic heterocycles. The van der Waals surface area contributed by atoms with Gasteiger partial charge < -0.3 is 10.5 Å². The van der Waals surface area contributed by atoms with Gasteiger partial charge in [-0.25, -0.2) is 13.4 Å². The first-order chi connectivity index (χ1) is 10.0. The van der Waals surface area contributed by atoms with Gasteiger partial charge in [-0.1, -0.05) is 0 Å². The normalized spacial score (nSPS) is 18.5. The lowest BCUT2D eigenvalue weighted by Crippen LogP contribution is -2.36. The number of rotatable bonds is 5. The maximum atomic E-state index is 12.6. The molecule has 2 heterocycles. The van der Waals surface area contributed by atoms with Crippen molar-refractivity contribution < 1.29 is 13.2 Å². The van der Waals surface area contributed by atoms with Crippen molar-refractivity contribution in [1.82, 2.24) is 14.2 Å². The van der Waals surface area contributed by atoms with E-state index in [2.05, 4.69) is 9.88 Å². The number of nitrogens with two attached hydrogens (primary N) is 1. The highest BCUT2D eigenvalue weighted by Crippen LogP contribution is 2.17. The number of ether oxygens (including phenoxy) is 1. The van der Waals surface area contributed by atoms with E-state index in [1.807, 2.05) is 0 Å². The van der Waals surface area contributed by atoms with Gasteiger partial charge in [-0.15, -0.1) is 0 Å². The van der Waals surface area contributed by atoms with Crippen molar-refractivity contribution in [1.29, 1.82) is 0 Å². The number of pyridine rings is 1. The molecule has 1 aliphatic heterocycles. The van der Waals surface area contributed by atoms with Crippen molar-refractivity contribution in [3.05, 3.63) is 18.3 Å². The van der Waals surface area contributed by atoms with Crippen LogP contribution in [-0.2, 0) is 14.8 Å². The van der Waals surface area contributed by atoms with Gasteiger partial charge in [0.1, 0.15) is 10.7 Å². The summed E-state index contributed by atoms with van der Waals surface area (Å²) in [4.78, 5) is 6.28. The van der Waals surface area contributed by atoms with Gasteiger partial charge in [0.05, 0.1) is 6.61 Å². The minimum absolute atomic E-state index is 0.196. The molecule has 1 fully saturated rings. The maximum Gasteiger partial charge on any atom is 0.244 e. The van der Waals surface area contributed by atoms with Crippen LogP contribution in [0.2, 0.25) is 0 Å². The molecule has 118 valence electrons. The molecule has 7 nitrogen and oxygen atoms in total. The molecule has 0 spiro atoms. The first kappa shape index (κ1) is 16.2. The molecule has 0 aromatic carbocycles. The van der Waals surface area contributed by atoms with E-state index in [9.17, 15) is 8.42 Å². The SMILES string of the molecule is COCCN1CCCN(S(=O)(=O)c2ccc(N)nc2)CC1. The van der Waals surface area contributed by atoms with E-state index in [0.717, 1.165) is 19.5 Å². The van der Waals surface area contributed by atoms with Crippen LogP contribution in [0.3, 0.4) is 0 Å². The fraction of sp³-hybridized carbons (Fsp3) is 0.615. The predicted octanol–water partition coefficient (Wildman–Crippen LogP) is 0.00660. The Morgan fingerprint density at radius 1 is 1.29 bits per heavy atom. The molecular formula is C13H22N4O3S. The number of methoxy groups -OCH3 is 1. The molecule has 21 heavy (non-hydrogen) atoms. The molecule has 0 amide bonds. The van der Waals surface area contributed by atoms with Crippen molar-refractivity contribution in [2.24, 2.45) is 0 Å². The number of aromatic nitrogens is 1. The summed E-state index contributed by atoms with van der Waals surface area (Å²) in [7, 11) is -1.82. The van der Waals surface area contributed by atoms with Crippen molar-refractivity contribution in [2.45, 2.75) is 11.3 Å². The number of hydrogen-bond donors (Lipinski definition) is 1. The standard InChI is InChI=1S/C13H22N4O3S/c1-20-10-9-16-5-2-6-17(8-7-16)21(18,19)12-3-4-13(14)15-11-12/h3-4,11H,2,5-10H2,1H3,(H2,14,15). The Hall–Kier alpha value is -1.22. The molecule has 0 atom stereocenters. The van der Waals surface area contributed by atoms with E-state index in [1.54, 1.807) is 7.11 Å². The van der Waals surface area contributed by atoms with E-state index < -0.39 is 10.0 Å². The Labute approximate surface area is 125 Å². The predicted molar refractivity (Wildman–Crippen MR) is 80.3 cm³/mol. The number of nitrogen functional groups attached to an aromatic ring is 1. The van der Waals surface area contributed by atoms with Gasteiger partial charge in [0.15, 0.2) is 0 Å². The summed E-state index contributed by atoms with van der Waals surface area (Å²) in [5, 5.41) is 0. The molecule has 1 aliphatic rings. The van der Waals surface area contributed by atoms with Gasteiger partial charge in [-0.05, 0) is 25.1 Å². The van der Waals surface area contributed by atoms with Crippen LogP contribution < -0.4 is 5.73 Å². The Morgan fingerprint density at radius 3 is 2.76 bits per heavy atom. The van der Waals surface area contributed by atoms with Crippen LogP contribution in [0.15, 0.2) is 23.2 Å². The third-order valence-corrected chi connectivity index (χ3v) is 5.44. The Balaban J connectivity index is 2.05. The maximum absolute atomic E-state index is 12.6. The van der Waals surface area contributed by atoms with Crippen LogP contribution in [0.5, 0.6) is 0 Å². The zero-order valence-corrected chi connectivity index (χ0v) is 13.1. The lowest BCUT2D eigenvalue weighted by molar-refractivity contribution is 0.151. The number of nitrogens with zero attached hydrogens (tertiary/aromatic N) is 3. The fourth-order valence-corrected chi connectivity index (χ4v) is 3.74. The second-order valence-electron chi connectivity index (χ2n) is 5.01. The average Bonchev–Trinajstić information content (AvgIpc) is 2.71. The first-order valence-corrected chi connectivity index (χ1v) is 8.41. The molecule has 2 rings (SSSR count). The van der Waals surface area contributed by atoms with E-state index in [0.29, 0.717) is 32.1 Å². The van der Waals surface area contributed by atoms with Gasteiger partial charge >= 0.3 is 0 Å².